The fourth-order valence-electron chi connectivity index (χ4n) is 3.80. The monoisotopic (exact) mass is 402 g/mol. The molecular weight excluding hydrogens is 376 g/mol. The van der Waals surface area contributed by atoms with Crippen LogP contribution in [0, 0.1) is 6.92 Å². The van der Waals surface area contributed by atoms with Gasteiger partial charge < -0.3 is 9.88 Å². The van der Waals surface area contributed by atoms with Crippen LogP contribution in [0.15, 0.2) is 48.5 Å². The number of aryl methyl sites for hydroxylation is 2. The van der Waals surface area contributed by atoms with Crippen molar-refractivity contribution in [3.63, 3.8) is 0 Å². The van der Waals surface area contributed by atoms with E-state index >= 15 is 0 Å². The molecule has 0 atom stereocenters. The number of hydrogen-bond acceptors (Lipinski definition) is 4. The van der Waals surface area contributed by atoms with Crippen LogP contribution in [0.2, 0.25) is 0 Å². The number of amides is 1. The molecule has 1 aliphatic rings. The van der Waals surface area contributed by atoms with Crippen LogP contribution < -0.4 is 5.32 Å². The highest BCUT2D eigenvalue weighted by molar-refractivity contribution is 6.00. The Morgan fingerprint density at radius 3 is 2.67 bits per heavy atom. The van der Waals surface area contributed by atoms with Gasteiger partial charge in [-0.25, -0.2) is 0 Å². The Kier molecular flexibility index (Phi) is 6.02. The summed E-state index contributed by atoms with van der Waals surface area (Å²) >= 11 is 0. The molecule has 0 radical (unpaired) electrons. The third-order valence-corrected chi connectivity index (χ3v) is 5.55. The quantitative estimate of drug-likeness (QED) is 0.612. The van der Waals surface area contributed by atoms with Crippen molar-refractivity contribution < 1.29 is 9.59 Å². The smallest absolute Gasteiger partial charge is 0.224 e. The van der Waals surface area contributed by atoms with Crippen LogP contribution in [0.25, 0.3) is 11.4 Å². The first-order valence-electron chi connectivity index (χ1n) is 10.5. The molecule has 2 heterocycles. The maximum atomic E-state index is 12.5. The summed E-state index contributed by atoms with van der Waals surface area (Å²) in [6.45, 7) is 2.88. The van der Waals surface area contributed by atoms with E-state index < -0.39 is 0 Å². The van der Waals surface area contributed by atoms with Gasteiger partial charge in [-0.1, -0.05) is 48.9 Å². The third kappa shape index (κ3) is 4.48. The first-order valence-corrected chi connectivity index (χ1v) is 10.5. The van der Waals surface area contributed by atoms with E-state index in [2.05, 4.69) is 20.1 Å². The second-order valence-corrected chi connectivity index (χ2v) is 7.77. The van der Waals surface area contributed by atoms with E-state index in [0.29, 0.717) is 5.56 Å². The lowest BCUT2D eigenvalue weighted by Crippen LogP contribution is -2.14. The predicted octanol–water partition coefficient (Wildman–Crippen LogP) is 4.58. The van der Waals surface area contributed by atoms with E-state index in [1.165, 1.54) is 6.42 Å². The molecule has 6 heteroatoms. The van der Waals surface area contributed by atoms with Crippen LogP contribution in [-0.4, -0.2) is 26.5 Å². The third-order valence-electron chi connectivity index (χ3n) is 5.55. The maximum Gasteiger partial charge on any atom is 0.224 e. The molecule has 1 amide bonds. The van der Waals surface area contributed by atoms with Crippen LogP contribution in [0.1, 0.15) is 53.8 Å². The van der Waals surface area contributed by atoms with Gasteiger partial charge in [0.2, 0.25) is 5.91 Å². The van der Waals surface area contributed by atoms with Gasteiger partial charge in [-0.15, -0.1) is 10.2 Å². The summed E-state index contributed by atoms with van der Waals surface area (Å²) in [5, 5.41) is 11.7. The van der Waals surface area contributed by atoms with Gasteiger partial charge in [0.1, 0.15) is 5.82 Å². The summed E-state index contributed by atoms with van der Waals surface area (Å²) in [5.74, 6) is 1.69. The Labute approximate surface area is 176 Å². The highest BCUT2D eigenvalue weighted by atomic mass is 16.2. The number of ketones is 1. The lowest BCUT2D eigenvalue weighted by atomic mass is 10.1. The molecule has 0 spiro atoms. The Hall–Kier alpha value is -3.28. The van der Waals surface area contributed by atoms with Crippen molar-refractivity contribution in [2.75, 3.05) is 5.32 Å². The van der Waals surface area contributed by atoms with E-state index in [9.17, 15) is 9.59 Å². The molecule has 4 rings (SSSR count). The van der Waals surface area contributed by atoms with Crippen molar-refractivity contribution in [2.45, 2.75) is 52.0 Å². The van der Waals surface area contributed by atoms with Crippen molar-refractivity contribution in [1.29, 1.82) is 0 Å². The number of Topliss-reactive ketones (excluding diaryl/α,β-unsaturated/α-hetero) is 1. The summed E-state index contributed by atoms with van der Waals surface area (Å²) in [6.07, 6.45) is 4.78. The fraction of sp³-hybridized carbons (Fsp3) is 0.333. The van der Waals surface area contributed by atoms with Gasteiger partial charge in [0.05, 0.1) is 0 Å². The van der Waals surface area contributed by atoms with E-state index in [1.54, 1.807) is 12.1 Å². The van der Waals surface area contributed by atoms with Crippen molar-refractivity contribution in [2.24, 2.45) is 0 Å². The number of nitrogens with zero attached hydrogens (tertiary/aromatic N) is 3. The molecule has 1 aliphatic heterocycles. The minimum Gasteiger partial charge on any atom is -0.326 e. The summed E-state index contributed by atoms with van der Waals surface area (Å²) in [6, 6.07) is 15.0. The number of nitrogens with one attached hydrogen (secondary N) is 1. The van der Waals surface area contributed by atoms with Crippen LogP contribution in [0.5, 0.6) is 0 Å². The molecule has 2 aromatic carbocycles. The SMILES string of the molecule is Cc1ccc(-c2nnc3n2CCCCC3)cc1NC(=O)CCC(=O)c1ccccc1. The number of benzene rings is 2. The molecule has 30 heavy (non-hydrogen) atoms. The lowest BCUT2D eigenvalue weighted by molar-refractivity contribution is -0.116. The Balaban J connectivity index is 1.46. The van der Waals surface area contributed by atoms with Gasteiger partial charge in [-0.3, -0.25) is 9.59 Å². The number of anilines is 1. The molecule has 0 unspecified atom stereocenters. The van der Waals surface area contributed by atoms with Crippen LogP contribution in [0.3, 0.4) is 0 Å². The average molecular weight is 402 g/mol. The van der Waals surface area contributed by atoms with Crippen LogP contribution >= 0.6 is 0 Å². The molecular formula is C24H26N4O2. The summed E-state index contributed by atoms with van der Waals surface area (Å²) in [5.41, 5.74) is 3.29. The maximum absolute atomic E-state index is 12.5. The molecule has 6 nitrogen and oxygen atoms in total. The zero-order valence-electron chi connectivity index (χ0n) is 17.2. The Morgan fingerprint density at radius 1 is 1.00 bits per heavy atom. The van der Waals surface area contributed by atoms with Gasteiger partial charge in [0.25, 0.3) is 0 Å². The molecule has 0 saturated carbocycles. The second kappa shape index (κ2) is 9.03. The van der Waals surface area contributed by atoms with E-state index in [4.69, 9.17) is 0 Å². The van der Waals surface area contributed by atoms with Gasteiger partial charge in [0.15, 0.2) is 11.6 Å². The highest BCUT2D eigenvalue weighted by Crippen LogP contribution is 2.27. The largest absolute Gasteiger partial charge is 0.326 e. The summed E-state index contributed by atoms with van der Waals surface area (Å²) in [7, 11) is 0. The van der Waals surface area contributed by atoms with E-state index in [1.807, 2.05) is 43.3 Å². The molecule has 0 fully saturated rings. The Morgan fingerprint density at radius 2 is 1.83 bits per heavy atom. The number of rotatable bonds is 6. The first-order chi connectivity index (χ1) is 14.6. The van der Waals surface area contributed by atoms with Crippen LogP contribution in [-0.2, 0) is 17.8 Å². The van der Waals surface area contributed by atoms with E-state index in [0.717, 1.165) is 54.3 Å². The lowest BCUT2D eigenvalue weighted by Gasteiger charge is -2.12. The minimum absolute atomic E-state index is 0.0256. The topological polar surface area (TPSA) is 76.9 Å². The second-order valence-electron chi connectivity index (χ2n) is 7.77. The van der Waals surface area contributed by atoms with E-state index in [-0.39, 0.29) is 24.5 Å². The highest BCUT2D eigenvalue weighted by Gasteiger charge is 2.17. The molecule has 154 valence electrons. The number of carbonyl (C=O) groups is 2. The van der Waals surface area contributed by atoms with Gasteiger partial charge in [0, 0.05) is 42.6 Å². The Bertz CT molecular complexity index is 1060. The summed E-state index contributed by atoms with van der Waals surface area (Å²) < 4.78 is 2.20. The number of fused-ring (bicyclic) bond motifs is 1. The molecule has 0 bridgehead atoms. The first kappa shape index (κ1) is 20.0. The predicted molar refractivity (Wildman–Crippen MR) is 116 cm³/mol. The van der Waals surface area contributed by atoms with Gasteiger partial charge in [-0.2, -0.15) is 0 Å². The average Bonchev–Trinajstić information content (AvgIpc) is 3.02. The normalized spacial score (nSPS) is 13.4. The number of carbonyl (C=O) groups excluding carboxylic acids is 2. The van der Waals surface area contributed by atoms with Gasteiger partial charge in [-0.05, 0) is 31.4 Å². The minimum atomic E-state index is -0.167. The van der Waals surface area contributed by atoms with Crippen molar-refractivity contribution in [3.05, 3.63) is 65.5 Å². The number of aromatic nitrogens is 3. The van der Waals surface area contributed by atoms with Crippen molar-refractivity contribution >= 4 is 17.4 Å². The van der Waals surface area contributed by atoms with Crippen molar-refractivity contribution in [3.8, 4) is 11.4 Å². The molecule has 3 aromatic rings. The standard InChI is InChI=1S/C24H26N4O2/c1-17-11-12-19(24-27-26-22-10-6-3-7-15-28(22)24)16-20(17)25-23(30)14-13-21(29)18-8-4-2-5-9-18/h2,4-5,8-9,11-12,16H,3,6-7,10,13-15H2,1H3,(H,25,30). The zero-order chi connectivity index (χ0) is 20.9. The number of hydrogen-bond donors (Lipinski definition) is 1. The van der Waals surface area contributed by atoms with Gasteiger partial charge >= 0.3 is 0 Å². The van der Waals surface area contributed by atoms with Crippen LogP contribution in [0.4, 0.5) is 5.69 Å². The van der Waals surface area contributed by atoms with Crippen molar-refractivity contribution in [1.82, 2.24) is 14.8 Å². The molecule has 1 aromatic heterocycles. The molecule has 0 aliphatic carbocycles. The molecule has 0 saturated heterocycles. The zero-order valence-corrected chi connectivity index (χ0v) is 17.2. The fourth-order valence-corrected chi connectivity index (χ4v) is 3.80. The molecule has 1 N–H and O–H groups in total. The summed E-state index contributed by atoms with van der Waals surface area (Å²) in [4.78, 5) is 24.7.